The van der Waals surface area contributed by atoms with Crippen LogP contribution in [0.4, 0.5) is 5.69 Å². The second-order valence-electron chi connectivity index (χ2n) is 4.54. The number of amides is 1. The van der Waals surface area contributed by atoms with Gasteiger partial charge in [-0.05, 0) is 49.0 Å². The molecule has 100 valence electrons. The molecule has 1 aromatic rings. The molecule has 0 spiro atoms. The highest BCUT2D eigenvalue weighted by Gasteiger charge is 2.11. The Kier molecular flexibility index (Phi) is 5.62. The maximum Gasteiger partial charge on any atom is 0.252 e. The maximum absolute atomic E-state index is 12.0. The third kappa shape index (κ3) is 3.99. The van der Waals surface area contributed by atoms with Crippen LogP contribution in [0.15, 0.2) is 22.7 Å². The van der Waals surface area contributed by atoms with Gasteiger partial charge in [0.05, 0.1) is 10.0 Å². The molecule has 1 amide bonds. The van der Waals surface area contributed by atoms with Gasteiger partial charge in [-0.3, -0.25) is 4.79 Å². The minimum atomic E-state index is -0.105. The van der Waals surface area contributed by atoms with Crippen LogP contribution in [0.1, 0.15) is 24.2 Å². The predicted molar refractivity (Wildman–Crippen MR) is 78.7 cm³/mol. The van der Waals surface area contributed by atoms with E-state index in [9.17, 15) is 4.79 Å². The zero-order valence-electron chi connectivity index (χ0n) is 11.0. The molecule has 1 rings (SSSR count). The van der Waals surface area contributed by atoms with Gasteiger partial charge < -0.3 is 16.0 Å². The van der Waals surface area contributed by atoms with Crippen LogP contribution in [0.3, 0.4) is 0 Å². The van der Waals surface area contributed by atoms with Gasteiger partial charge in [-0.1, -0.05) is 6.07 Å². The summed E-state index contributed by atoms with van der Waals surface area (Å²) in [5, 5.41) is 2.89. The van der Waals surface area contributed by atoms with E-state index in [4.69, 9.17) is 5.73 Å². The van der Waals surface area contributed by atoms with Crippen LogP contribution in [-0.4, -0.2) is 37.0 Å². The lowest BCUT2D eigenvalue weighted by atomic mass is 10.2. The molecular formula is C13H20BrN3O. The summed E-state index contributed by atoms with van der Waals surface area (Å²) >= 11 is 3.33. The fraction of sp³-hybridized carbons (Fsp3) is 0.462. The number of anilines is 1. The number of likely N-dealkylation sites (N-methyl/N-ethyl adjacent to an activating group) is 1. The number of carbonyl (C=O) groups is 1. The van der Waals surface area contributed by atoms with Gasteiger partial charge in [0.15, 0.2) is 0 Å². The van der Waals surface area contributed by atoms with Gasteiger partial charge in [0.2, 0.25) is 0 Å². The predicted octanol–water partition coefficient (Wildman–Crippen LogP) is 2.10. The highest BCUT2D eigenvalue weighted by molar-refractivity contribution is 9.10. The molecule has 0 aromatic heterocycles. The third-order valence-electron chi connectivity index (χ3n) is 2.90. The number of nitrogens with zero attached hydrogens (tertiary/aromatic N) is 1. The highest BCUT2D eigenvalue weighted by atomic mass is 79.9. The molecular weight excluding hydrogens is 294 g/mol. The van der Waals surface area contributed by atoms with Crippen molar-refractivity contribution >= 4 is 27.5 Å². The first-order valence-electron chi connectivity index (χ1n) is 5.96. The fourth-order valence-electron chi connectivity index (χ4n) is 1.42. The van der Waals surface area contributed by atoms with Gasteiger partial charge in [-0.25, -0.2) is 0 Å². The number of nitrogens with two attached hydrogens (primary N) is 1. The topological polar surface area (TPSA) is 58.4 Å². The lowest BCUT2D eigenvalue weighted by Gasteiger charge is -2.21. The Labute approximate surface area is 117 Å². The smallest absolute Gasteiger partial charge is 0.252 e. The Bertz CT molecular complexity index is 421. The number of halogens is 1. The van der Waals surface area contributed by atoms with E-state index in [0.29, 0.717) is 28.3 Å². The van der Waals surface area contributed by atoms with Gasteiger partial charge in [0, 0.05) is 24.8 Å². The first-order valence-corrected chi connectivity index (χ1v) is 6.75. The molecule has 5 heteroatoms. The van der Waals surface area contributed by atoms with Crippen molar-refractivity contribution in [2.45, 2.75) is 19.9 Å². The Morgan fingerprint density at radius 1 is 1.50 bits per heavy atom. The van der Waals surface area contributed by atoms with E-state index in [1.165, 1.54) is 0 Å². The number of carbonyl (C=O) groups excluding carboxylic acids is 1. The van der Waals surface area contributed by atoms with Crippen LogP contribution in [-0.2, 0) is 0 Å². The summed E-state index contributed by atoms with van der Waals surface area (Å²) in [5.74, 6) is -0.105. The largest absolute Gasteiger partial charge is 0.398 e. The second kappa shape index (κ2) is 6.75. The number of nitrogen functional groups attached to an aromatic ring is 1. The van der Waals surface area contributed by atoms with Gasteiger partial charge in [0.25, 0.3) is 5.91 Å². The summed E-state index contributed by atoms with van der Waals surface area (Å²) in [6, 6.07) is 5.76. The first-order chi connectivity index (χ1) is 8.43. The summed E-state index contributed by atoms with van der Waals surface area (Å²) in [4.78, 5) is 14.1. The van der Waals surface area contributed by atoms with Crippen LogP contribution in [0.25, 0.3) is 0 Å². The van der Waals surface area contributed by atoms with E-state index >= 15 is 0 Å². The van der Waals surface area contributed by atoms with Crippen LogP contribution in [0, 0.1) is 0 Å². The van der Waals surface area contributed by atoms with Crippen molar-refractivity contribution in [2.75, 3.05) is 25.9 Å². The molecule has 0 aliphatic carbocycles. The number of nitrogens with one attached hydrogen (secondary N) is 1. The zero-order chi connectivity index (χ0) is 13.7. The Morgan fingerprint density at radius 2 is 2.17 bits per heavy atom. The molecule has 3 N–H and O–H groups in total. The fourth-order valence-corrected chi connectivity index (χ4v) is 1.87. The monoisotopic (exact) mass is 313 g/mol. The van der Waals surface area contributed by atoms with E-state index < -0.39 is 0 Å². The van der Waals surface area contributed by atoms with Crippen LogP contribution in [0.5, 0.6) is 0 Å². The molecule has 0 aliphatic heterocycles. The Morgan fingerprint density at radius 3 is 2.78 bits per heavy atom. The lowest BCUT2D eigenvalue weighted by molar-refractivity contribution is 0.0947. The summed E-state index contributed by atoms with van der Waals surface area (Å²) in [5.41, 5.74) is 6.88. The standard InChI is InChI=1S/C13H20BrN3O/c1-9(2)17(3)8-7-16-13(18)10-5-4-6-11(15)12(10)14/h4-6,9H,7-8,15H2,1-3H3,(H,16,18). The molecule has 0 radical (unpaired) electrons. The van der Waals surface area contributed by atoms with Crippen molar-refractivity contribution in [3.05, 3.63) is 28.2 Å². The zero-order valence-corrected chi connectivity index (χ0v) is 12.6. The SMILES string of the molecule is CC(C)N(C)CCNC(=O)c1cccc(N)c1Br. The molecule has 0 fully saturated rings. The van der Waals surface area contributed by atoms with E-state index in [1.807, 2.05) is 7.05 Å². The van der Waals surface area contributed by atoms with E-state index in [1.54, 1.807) is 18.2 Å². The Balaban J connectivity index is 2.54. The van der Waals surface area contributed by atoms with E-state index in [2.05, 4.69) is 40.0 Å². The molecule has 0 aliphatic rings. The van der Waals surface area contributed by atoms with Crippen LogP contribution >= 0.6 is 15.9 Å². The molecule has 1 aromatic carbocycles. The van der Waals surface area contributed by atoms with Crippen molar-refractivity contribution in [3.8, 4) is 0 Å². The van der Waals surface area contributed by atoms with Crippen molar-refractivity contribution in [1.29, 1.82) is 0 Å². The molecule has 0 heterocycles. The molecule has 4 nitrogen and oxygen atoms in total. The average Bonchev–Trinajstić information content (AvgIpc) is 2.32. The summed E-state index contributed by atoms with van der Waals surface area (Å²) in [6.07, 6.45) is 0. The van der Waals surface area contributed by atoms with Gasteiger partial charge in [0.1, 0.15) is 0 Å². The minimum absolute atomic E-state index is 0.105. The normalized spacial score (nSPS) is 11.0. The second-order valence-corrected chi connectivity index (χ2v) is 5.33. The summed E-state index contributed by atoms with van der Waals surface area (Å²) < 4.78 is 0.653. The van der Waals surface area contributed by atoms with Gasteiger partial charge in [-0.2, -0.15) is 0 Å². The summed E-state index contributed by atoms with van der Waals surface area (Å²) in [6.45, 7) is 5.69. The quantitative estimate of drug-likeness (QED) is 0.818. The first kappa shape index (κ1) is 15.0. The lowest BCUT2D eigenvalue weighted by Crippen LogP contribution is -2.36. The third-order valence-corrected chi connectivity index (χ3v) is 3.79. The van der Waals surface area contributed by atoms with E-state index in [-0.39, 0.29) is 5.91 Å². The number of hydrogen-bond acceptors (Lipinski definition) is 3. The molecule has 0 bridgehead atoms. The molecule has 0 saturated carbocycles. The molecule has 0 unspecified atom stereocenters. The Hall–Kier alpha value is -1.07. The summed E-state index contributed by atoms with van der Waals surface area (Å²) in [7, 11) is 2.03. The average molecular weight is 314 g/mol. The van der Waals surface area contributed by atoms with Crippen molar-refractivity contribution in [3.63, 3.8) is 0 Å². The maximum atomic E-state index is 12.0. The minimum Gasteiger partial charge on any atom is -0.398 e. The number of rotatable bonds is 5. The molecule has 18 heavy (non-hydrogen) atoms. The highest BCUT2D eigenvalue weighted by Crippen LogP contribution is 2.23. The molecule has 0 saturated heterocycles. The van der Waals surface area contributed by atoms with E-state index in [0.717, 1.165) is 6.54 Å². The van der Waals surface area contributed by atoms with Gasteiger partial charge >= 0.3 is 0 Å². The van der Waals surface area contributed by atoms with Crippen molar-refractivity contribution in [1.82, 2.24) is 10.2 Å². The molecule has 0 atom stereocenters. The van der Waals surface area contributed by atoms with Crippen molar-refractivity contribution < 1.29 is 4.79 Å². The van der Waals surface area contributed by atoms with Crippen LogP contribution in [0.2, 0.25) is 0 Å². The number of hydrogen-bond donors (Lipinski definition) is 2. The number of benzene rings is 1. The van der Waals surface area contributed by atoms with Crippen molar-refractivity contribution in [2.24, 2.45) is 0 Å². The van der Waals surface area contributed by atoms with Gasteiger partial charge in [-0.15, -0.1) is 0 Å². The van der Waals surface area contributed by atoms with Crippen LogP contribution < -0.4 is 11.1 Å².